The second kappa shape index (κ2) is 9.08. The van der Waals surface area contributed by atoms with Crippen LogP contribution < -0.4 is 0 Å². The molecule has 0 aromatic rings. The minimum Gasteiger partial charge on any atom is -0.402 e. The number of rotatable bonds is 0. The van der Waals surface area contributed by atoms with Crippen molar-refractivity contribution in [3.8, 4) is 0 Å². The summed E-state index contributed by atoms with van der Waals surface area (Å²) in [6, 6.07) is 0. The van der Waals surface area contributed by atoms with Crippen molar-refractivity contribution in [2.75, 3.05) is 0 Å². The topological polar surface area (TPSA) is 60.7 Å². The fraction of sp³-hybridized carbons (Fsp3) is 1.00. The van der Waals surface area contributed by atoms with E-state index < -0.39 is 7.32 Å². The maximum Gasteiger partial charge on any atom is 0.631 e. The molecular formula is CH8AlBO3. The third-order valence-corrected chi connectivity index (χ3v) is 0. The van der Waals surface area contributed by atoms with Crippen molar-refractivity contribution in [1.29, 1.82) is 0 Å². The minimum absolute atomic E-state index is 1.31. The van der Waals surface area contributed by atoms with Gasteiger partial charge >= 0.3 is 7.32 Å². The average Bonchev–Trinajstić information content (AvgIpc) is 1.41. The van der Waals surface area contributed by atoms with Crippen molar-refractivity contribution in [3.05, 3.63) is 0 Å². The summed E-state index contributed by atoms with van der Waals surface area (Å²) in [5, 5.41) is 21.5. The van der Waals surface area contributed by atoms with Crippen LogP contribution in [0.25, 0.3) is 0 Å². The van der Waals surface area contributed by atoms with Crippen LogP contribution in [-0.4, -0.2) is 38.7 Å². The molecule has 0 aliphatic rings. The molecule has 0 aliphatic heterocycles. The standard InChI is InChI=1S/CH3.Al.BH3O3.2H/c;;2-1(3)4;;/h1H3;;2-4H;;. The zero-order chi connectivity index (χ0) is 5.58. The van der Waals surface area contributed by atoms with Crippen molar-refractivity contribution in [3.63, 3.8) is 0 Å². The normalized spacial score (nSPS) is 5.33. The molecule has 0 heterocycles. The van der Waals surface area contributed by atoms with Crippen LogP contribution in [0.4, 0.5) is 0 Å². The van der Waals surface area contributed by atoms with Gasteiger partial charge in [-0.1, -0.05) is 0 Å². The van der Waals surface area contributed by atoms with E-state index in [9.17, 15) is 0 Å². The fourth-order valence-electron chi connectivity index (χ4n) is 0. The Hall–Kier alpha value is 0.477. The van der Waals surface area contributed by atoms with Gasteiger partial charge in [-0.05, 0) is 0 Å². The van der Waals surface area contributed by atoms with Crippen LogP contribution in [0.15, 0.2) is 0 Å². The van der Waals surface area contributed by atoms with Gasteiger partial charge in [-0.3, -0.25) is 0 Å². The second-order valence-electron chi connectivity index (χ2n) is 0.346. The Morgan fingerprint density at radius 3 is 1.17 bits per heavy atom. The summed E-state index contributed by atoms with van der Waals surface area (Å²) in [7, 11) is -2.17. The van der Waals surface area contributed by atoms with Gasteiger partial charge in [0.25, 0.3) is 0 Å². The molecule has 0 bridgehead atoms. The molecule has 0 aliphatic carbocycles. The van der Waals surface area contributed by atoms with Crippen LogP contribution in [0, 0.1) is 0 Å². The first kappa shape index (κ1) is 9.69. The predicted molar refractivity (Wildman–Crippen MR) is 26.8 cm³/mol. The molecule has 0 atom stereocenters. The molecule has 0 rings (SSSR count). The Kier molecular flexibility index (Phi) is 14.7. The molecule has 0 spiro atoms. The average molecular weight is 106 g/mol. The highest BCUT2D eigenvalue weighted by atomic mass is 27.0. The van der Waals surface area contributed by atoms with Crippen molar-refractivity contribution in [2.45, 2.75) is 5.79 Å². The van der Waals surface area contributed by atoms with Gasteiger partial charge in [0, 0.05) is 0 Å². The first-order chi connectivity index (χ1) is 2.73. The van der Waals surface area contributed by atoms with Crippen LogP contribution in [0.1, 0.15) is 0 Å². The SMILES string of the molecule is OB(O)O.[CH3][AlH2]. The summed E-state index contributed by atoms with van der Waals surface area (Å²) in [6.45, 7) is 0. The maximum atomic E-state index is 7.17. The molecule has 36 valence electrons. The lowest BCUT2D eigenvalue weighted by Gasteiger charge is -1.69. The lowest BCUT2D eigenvalue weighted by atomic mass is 10.3. The van der Waals surface area contributed by atoms with Gasteiger partial charge in [0.05, 0.1) is 0 Å². The molecule has 3 N–H and O–H groups in total. The van der Waals surface area contributed by atoms with E-state index in [0.29, 0.717) is 0 Å². The van der Waals surface area contributed by atoms with Crippen LogP contribution >= 0.6 is 0 Å². The molecule has 0 unspecified atom stereocenters. The maximum absolute atomic E-state index is 7.17. The monoisotopic (exact) mass is 106 g/mol. The third-order valence-electron chi connectivity index (χ3n) is 0. The molecule has 0 saturated carbocycles. The van der Waals surface area contributed by atoms with E-state index in [0.717, 1.165) is 0 Å². The van der Waals surface area contributed by atoms with Crippen molar-refractivity contribution < 1.29 is 15.1 Å². The Morgan fingerprint density at radius 2 is 1.17 bits per heavy atom. The van der Waals surface area contributed by atoms with E-state index in [1.54, 1.807) is 0 Å². The zero-order valence-electron chi connectivity index (χ0n) is 3.92. The number of hydrogen-bond acceptors (Lipinski definition) is 3. The summed E-state index contributed by atoms with van der Waals surface area (Å²) < 4.78 is 0. The summed E-state index contributed by atoms with van der Waals surface area (Å²) in [5.74, 6) is 2.14. The highest BCUT2D eigenvalue weighted by Gasteiger charge is 1.92. The molecule has 0 aromatic heterocycles. The molecule has 0 fully saturated rings. The van der Waals surface area contributed by atoms with Gasteiger partial charge in [-0.15, -0.1) is 5.79 Å². The third kappa shape index (κ3) is 238. The Morgan fingerprint density at radius 1 is 1.17 bits per heavy atom. The van der Waals surface area contributed by atoms with E-state index >= 15 is 0 Å². The second-order valence-corrected chi connectivity index (χ2v) is 0.346. The van der Waals surface area contributed by atoms with E-state index in [1.807, 2.05) is 0 Å². The molecule has 0 radical (unpaired) electrons. The van der Waals surface area contributed by atoms with Gasteiger partial charge in [-0.25, -0.2) is 0 Å². The smallest absolute Gasteiger partial charge is 0.402 e. The van der Waals surface area contributed by atoms with E-state index in [-0.39, 0.29) is 0 Å². The molecule has 0 saturated heterocycles. The summed E-state index contributed by atoms with van der Waals surface area (Å²) in [5.41, 5.74) is 0. The van der Waals surface area contributed by atoms with Crippen LogP contribution in [0.5, 0.6) is 0 Å². The highest BCUT2D eigenvalue weighted by molar-refractivity contribution is 6.30. The van der Waals surface area contributed by atoms with Crippen LogP contribution in [-0.2, 0) is 0 Å². The van der Waals surface area contributed by atoms with Crippen molar-refractivity contribution >= 4 is 23.6 Å². The quantitative estimate of drug-likeness (QED) is 0.302. The number of hydrogen-bond donors (Lipinski definition) is 3. The summed E-state index contributed by atoms with van der Waals surface area (Å²) >= 11 is 1.31. The Bertz CT molecular complexity index is 15.5. The summed E-state index contributed by atoms with van der Waals surface area (Å²) in [4.78, 5) is 0. The fourth-order valence-corrected chi connectivity index (χ4v) is 0. The van der Waals surface area contributed by atoms with Crippen molar-refractivity contribution in [2.24, 2.45) is 0 Å². The largest absolute Gasteiger partial charge is 0.631 e. The molecule has 6 heavy (non-hydrogen) atoms. The minimum atomic E-state index is -2.17. The molecule has 0 amide bonds. The Labute approximate surface area is 45.2 Å². The summed E-state index contributed by atoms with van der Waals surface area (Å²) in [6.07, 6.45) is 0. The molecular weight excluding hydrogens is 97.8 g/mol. The molecule has 5 heteroatoms. The van der Waals surface area contributed by atoms with Gasteiger partial charge in [-0.2, -0.15) is 0 Å². The van der Waals surface area contributed by atoms with E-state index in [1.165, 1.54) is 16.3 Å². The first-order valence-corrected chi connectivity index (χ1v) is 3.77. The zero-order valence-corrected chi connectivity index (χ0v) is 5.92. The van der Waals surface area contributed by atoms with E-state index in [2.05, 4.69) is 5.79 Å². The van der Waals surface area contributed by atoms with Gasteiger partial charge in [0.1, 0.15) is 0 Å². The molecule has 0 aromatic carbocycles. The highest BCUT2D eigenvalue weighted by Crippen LogP contribution is 1.40. The van der Waals surface area contributed by atoms with Gasteiger partial charge in [0.2, 0.25) is 16.3 Å². The van der Waals surface area contributed by atoms with Gasteiger partial charge in [0.15, 0.2) is 0 Å². The van der Waals surface area contributed by atoms with Crippen molar-refractivity contribution in [1.82, 2.24) is 0 Å². The lowest BCUT2D eigenvalue weighted by Crippen LogP contribution is -2.07. The first-order valence-electron chi connectivity index (χ1n) is 1.77. The van der Waals surface area contributed by atoms with Gasteiger partial charge < -0.3 is 15.1 Å². The predicted octanol–water partition coefficient (Wildman–Crippen LogP) is -2.38. The molecule has 3 nitrogen and oxygen atoms in total. The Balaban J connectivity index is 0. The van der Waals surface area contributed by atoms with Crippen LogP contribution in [0.2, 0.25) is 5.79 Å². The lowest BCUT2D eigenvalue weighted by molar-refractivity contribution is 0.278. The van der Waals surface area contributed by atoms with E-state index in [4.69, 9.17) is 15.1 Å². The van der Waals surface area contributed by atoms with Crippen LogP contribution in [0.3, 0.4) is 0 Å².